The molecular formula is C22H25N3O2. The molecule has 0 unspecified atom stereocenters. The molecule has 0 aliphatic rings. The van der Waals surface area contributed by atoms with E-state index in [0.717, 1.165) is 28.9 Å². The van der Waals surface area contributed by atoms with Crippen molar-refractivity contribution in [3.8, 4) is 11.1 Å². The molecule has 5 heteroatoms. The van der Waals surface area contributed by atoms with E-state index in [1.165, 1.54) is 0 Å². The van der Waals surface area contributed by atoms with Gasteiger partial charge in [0.1, 0.15) is 5.82 Å². The van der Waals surface area contributed by atoms with Crippen molar-refractivity contribution in [2.24, 2.45) is 7.05 Å². The molecule has 3 aromatic rings. The van der Waals surface area contributed by atoms with Crippen molar-refractivity contribution >= 4 is 5.91 Å². The molecule has 0 bridgehead atoms. The van der Waals surface area contributed by atoms with Crippen molar-refractivity contribution < 1.29 is 9.90 Å². The van der Waals surface area contributed by atoms with Gasteiger partial charge in [-0.15, -0.1) is 0 Å². The Labute approximate surface area is 159 Å². The SMILES string of the molecule is CCCN(Cc1nccn1C)C(=O)c1cccc(-c2ccc(CO)cc2)c1. The molecule has 1 heterocycles. The largest absolute Gasteiger partial charge is 0.392 e. The Morgan fingerprint density at radius 3 is 2.56 bits per heavy atom. The van der Waals surface area contributed by atoms with E-state index in [0.29, 0.717) is 18.7 Å². The predicted molar refractivity (Wildman–Crippen MR) is 106 cm³/mol. The van der Waals surface area contributed by atoms with Gasteiger partial charge in [0, 0.05) is 31.5 Å². The first kappa shape index (κ1) is 18.9. The standard InChI is InChI=1S/C22H25N3O2/c1-3-12-25(15-21-23-11-13-24(21)2)22(27)20-6-4-5-19(14-20)18-9-7-17(16-26)8-10-18/h4-11,13-14,26H,3,12,15-16H2,1-2H3. The Hall–Kier alpha value is -2.92. The molecule has 0 saturated carbocycles. The molecule has 27 heavy (non-hydrogen) atoms. The van der Waals surface area contributed by atoms with Crippen molar-refractivity contribution in [2.45, 2.75) is 26.5 Å². The smallest absolute Gasteiger partial charge is 0.254 e. The minimum atomic E-state index is 0.00804. The molecule has 2 aromatic carbocycles. The Kier molecular flexibility index (Phi) is 6.04. The molecule has 0 atom stereocenters. The van der Waals surface area contributed by atoms with Crippen LogP contribution >= 0.6 is 0 Å². The summed E-state index contributed by atoms with van der Waals surface area (Å²) < 4.78 is 1.94. The summed E-state index contributed by atoms with van der Waals surface area (Å²) in [4.78, 5) is 19.3. The maximum Gasteiger partial charge on any atom is 0.254 e. The van der Waals surface area contributed by atoms with Crippen molar-refractivity contribution in [1.29, 1.82) is 0 Å². The average molecular weight is 363 g/mol. The molecule has 1 N–H and O–H groups in total. The minimum absolute atomic E-state index is 0.00804. The van der Waals surface area contributed by atoms with Gasteiger partial charge in [0.25, 0.3) is 5.91 Å². The number of aliphatic hydroxyl groups is 1. The van der Waals surface area contributed by atoms with Gasteiger partial charge < -0.3 is 14.6 Å². The Bertz CT molecular complexity index is 900. The zero-order chi connectivity index (χ0) is 19.2. The predicted octanol–water partition coefficient (Wildman–Crippen LogP) is 3.63. The fraction of sp³-hybridized carbons (Fsp3) is 0.273. The summed E-state index contributed by atoms with van der Waals surface area (Å²) >= 11 is 0. The van der Waals surface area contributed by atoms with Crippen LogP contribution in [0.25, 0.3) is 11.1 Å². The molecule has 0 saturated heterocycles. The monoisotopic (exact) mass is 363 g/mol. The molecule has 0 radical (unpaired) electrons. The molecule has 0 fully saturated rings. The summed E-state index contributed by atoms with van der Waals surface area (Å²) in [6.45, 7) is 3.27. The third-order valence-electron chi connectivity index (χ3n) is 4.61. The molecule has 0 aliphatic carbocycles. The minimum Gasteiger partial charge on any atom is -0.392 e. The number of rotatable bonds is 7. The van der Waals surface area contributed by atoms with Gasteiger partial charge in [-0.05, 0) is 35.2 Å². The van der Waals surface area contributed by atoms with Crippen molar-refractivity contribution in [1.82, 2.24) is 14.5 Å². The van der Waals surface area contributed by atoms with Gasteiger partial charge in [0.2, 0.25) is 0 Å². The van der Waals surface area contributed by atoms with Crippen LogP contribution in [0, 0.1) is 0 Å². The van der Waals surface area contributed by atoms with Crippen LogP contribution in [-0.2, 0) is 20.2 Å². The lowest BCUT2D eigenvalue weighted by molar-refractivity contribution is 0.0737. The first-order valence-corrected chi connectivity index (χ1v) is 9.18. The molecule has 3 rings (SSSR count). The second kappa shape index (κ2) is 8.64. The molecule has 140 valence electrons. The number of carbonyl (C=O) groups is 1. The highest BCUT2D eigenvalue weighted by molar-refractivity contribution is 5.95. The van der Waals surface area contributed by atoms with E-state index >= 15 is 0 Å². The summed E-state index contributed by atoms with van der Waals surface area (Å²) in [6.07, 6.45) is 4.53. The highest BCUT2D eigenvalue weighted by atomic mass is 16.3. The van der Waals surface area contributed by atoms with Gasteiger partial charge in [0.15, 0.2) is 0 Å². The van der Waals surface area contributed by atoms with Gasteiger partial charge >= 0.3 is 0 Å². The number of benzene rings is 2. The fourth-order valence-corrected chi connectivity index (χ4v) is 3.06. The van der Waals surface area contributed by atoms with Gasteiger partial charge in [-0.1, -0.05) is 43.3 Å². The lowest BCUT2D eigenvalue weighted by atomic mass is 10.0. The lowest BCUT2D eigenvalue weighted by Crippen LogP contribution is -2.32. The number of hydrogen-bond donors (Lipinski definition) is 1. The molecule has 1 amide bonds. The van der Waals surface area contributed by atoms with Crippen LogP contribution < -0.4 is 0 Å². The third-order valence-corrected chi connectivity index (χ3v) is 4.61. The highest BCUT2D eigenvalue weighted by Crippen LogP contribution is 2.22. The van der Waals surface area contributed by atoms with Crippen LogP contribution in [0.4, 0.5) is 0 Å². The van der Waals surface area contributed by atoms with Crippen LogP contribution in [0.5, 0.6) is 0 Å². The lowest BCUT2D eigenvalue weighted by Gasteiger charge is -2.22. The summed E-state index contributed by atoms with van der Waals surface area (Å²) in [5, 5.41) is 9.20. The zero-order valence-electron chi connectivity index (χ0n) is 15.8. The number of aliphatic hydroxyl groups excluding tert-OH is 1. The van der Waals surface area contributed by atoms with Crippen LogP contribution in [0.15, 0.2) is 60.9 Å². The van der Waals surface area contributed by atoms with Crippen molar-refractivity contribution in [3.63, 3.8) is 0 Å². The van der Waals surface area contributed by atoms with E-state index < -0.39 is 0 Å². The zero-order valence-corrected chi connectivity index (χ0v) is 15.8. The topological polar surface area (TPSA) is 58.4 Å². The molecule has 5 nitrogen and oxygen atoms in total. The number of hydrogen-bond acceptors (Lipinski definition) is 3. The second-order valence-corrected chi connectivity index (χ2v) is 6.62. The van der Waals surface area contributed by atoms with Gasteiger partial charge in [-0.25, -0.2) is 4.98 Å². The summed E-state index contributed by atoms with van der Waals surface area (Å²) in [5.41, 5.74) is 3.54. The summed E-state index contributed by atoms with van der Waals surface area (Å²) in [6, 6.07) is 15.4. The van der Waals surface area contributed by atoms with E-state index in [1.807, 2.05) is 71.2 Å². The molecule has 0 spiro atoms. The normalized spacial score (nSPS) is 10.8. The summed E-state index contributed by atoms with van der Waals surface area (Å²) in [7, 11) is 1.94. The number of nitrogens with zero attached hydrogens (tertiary/aromatic N) is 3. The Balaban J connectivity index is 1.84. The van der Waals surface area contributed by atoms with E-state index in [2.05, 4.69) is 11.9 Å². The number of aryl methyl sites for hydroxylation is 1. The number of carbonyl (C=O) groups excluding carboxylic acids is 1. The van der Waals surface area contributed by atoms with Crippen LogP contribution in [-0.4, -0.2) is 32.0 Å². The highest BCUT2D eigenvalue weighted by Gasteiger charge is 2.17. The Morgan fingerprint density at radius 1 is 1.15 bits per heavy atom. The number of aromatic nitrogens is 2. The van der Waals surface area contributed by atoms with E-state index in [1.54, 1.807) is 6.20 Å². The first-order chi connectivity index (χ1) is 13.1. The van der Waals surface area contributed by atoms with E-state index in [4.69, 9.17) is 0 Å². The van der Waals surface area contributed by atoms with Crippen molar-refractivity contribution in [3.05, 3.63) is 77.9 Å². The quantitative estimate of drug-likeness (QED) is 0.697. The molecular weight excluding hydrogens is 338 g/mol. The molecule has 0 aliphatic heterocycles. The van der Waals surface area contributed by atoms with Gasteiger partial charge in [-0.3, -0.25) is 4.79 Å². The van der Waals surface area contributed by atoms with Crippen molar-refractivity contribution in [2.75, 3.05) is 6.54 Å². The maximum atomic E-state index is 13.1. The summed E-state index contributed by atoms with van der Waals surface area (Å²) in [5.74, 6) is 0.876. The van der Waals surface area contributed by atoms with Crippen LogP contribution in [0.2, 0.25) is 0 Å². The molecule has 1 aromatic heterocycles. The third kappa shape index (κ3) is 4.44. The Morgan fingerprint density at radius 2 is 1.93 bits per heavy atom. The second-order valence-electron chi connectivity index (χ2n) is 6.62. The van der Waals surface area contributed by atoms with E-state index in [-0.39, 0.29) is 12.5 Å². The van der Waals surface area contributed by atoms with Crippen LogP contribution in [0.3, 0.4) is 0 Å². The maximum absolute atomic E-state index is 13.1. The van der Waals surface area contributed by atoms with Gasteiger partial charge in [-0.2, -0.15) is 0 Å². The fourth-order valence-electron chi connectivity index (χ4n) is 3.06. The van der Waals surface area contributed by atoms with Gasteiger partial charge in [0.05, 0.1) is 13.2 Å². The number of imidazole rings is 1. The number of amides is 1. The van der Waals surface area contributed by atoms with E-state index in [9.17, 15) is 9.90 Å². The average Bonchev–Trinajstić information content (AvgIpc) is 3.12. The first-order valence-electron chi connectivity index (χ1n) is 9.18. The van der Waals surface area contributed by atoms with Crippen LogP contribution in [0.1, 0.15) is 35.1 Å².